The van der Waals surface area contributed by atoms with Crippen LogP contribution in [0.2, 0.25) is 5.02 Å². The molecule has 0 bridgehead atoms. The zero-order valence-electron chi connectivity index (χ0n) is 14.4. The van der Waals surface area contributed by atoms with E-state index >= 15 is 0 Å². The molecule has 138 valence electrons. The Morgan fingerprint density at radius 1 is 1.00 bits per heavy atom. The molecule has 0 aliphatic rings. The van der Waals surface area contributed by atoms with E-state index in [1.807, 2.05) is 0 Å². The molecule has 2 amide bonds. The Morgan fingerprint density at radius 3 is 2.63 bits per heavy atom. The first-order valence-electron chi connectivity index (χ1n) is 8.31. The lowest BCUT2D eigenvalue weighted by Gasteiger charge is -2.12. The van der Waals surface area contributed by atoms with E-state index in [9.17, 15) is 9.59 Å². The third-order valence-corrected chi connectivity index (χ3v) is 3.96. The van der Waals surface area contributed by atoms with Crippen molar-refractivity contribution in [1.82, 2.24) is 5.32 Å². The van der Waals surface area contributed by atoms with Gasteiger partial charge in [0.15, 0.2) is 0 Å². The molecule has 0 saturated heterocycles. The fourth-order valence-electron chi connectivity index (χ4n) is 2.46. The summed E-state index contributed by atoms with van der Waals surface area (Å²) in [5, 5.41) is 9.07. The van der Waals surface area contributed by atoms with Crippen LogP contribution in [0.5, 0.6) is 0 Å². The Hall–Kier alpha value is -3.25. The molecule has 0 saturated carbocycles. The maximum absolute atomic E-state index is 12.4. The average Bonchev–Trinajstić information content (AvgIpc) is 3.18. The molecule has 0 fully saturated rings. The van der Waals surface area contributed by atoms with Crippen molar-refractivity contribution < 1.29 is 14.0 Å². The number of benzene rings is 2. The van der Waals surface area contributed by atoms with E-state index in [0.29, 0.717) is 27.7 Å². The van der Waals surface area contributed by atoms with Gasteiger partial charge in [-0.05, 0) is 42.5 Å². The number of furan rings is 1. The zero-order chi connectivity index (χ0) is 19.1. The highest BCUT2D eigenvalue weighted by molar-refractivity contribution is 6.30. The van der Waals surface area contributed by atoms with Gasteiger partial charge in [-0.1, -0.05) is 29.8 Å². The van der Waals surface area contributed by atoms with Gasteiger partial charge in [0.2, 0.25) is 5.91 Å². The van der Waals surface area contributed by atoms with Gasteiger partial charge in [0.25, 0.3) is 5.91 Å². The summed E-state index contributed by atoms with van der Waals surface area (Å²) in [7, 11) is 0. The normalized spacial score (nSPS) is 10.3. The molecule has 27 heavy (non-hydrogen) atoms. The maximum atomic E-state index is 12.4. The second kappa shape index (κ2) is 8.91. The Bertz CT molecular complexity index is 926. The van der Waals surface area contributed by atoms with E-state index in [4.69, 9.17) is 16.0 Å². The van der Waals surface area contributed by atoms with Crippen molar-refractivity contribution in [2.45, 2.75) is 6.54 Å². The first-order chi connectivity index (χ1) is 13.1. The molecule has 0 spiro atoms. The lowest BCUT2D eigenvalue weighted by Crippen LogP contribution is -2.26. The van der Waals surface area contributed by atoms with Gasteiger partial charge in [-0.2, -0.15) is 0 Å². The fraction of sp³-hybridized carbons (Fsp3) is 0.100. The Morgan fingerprint density at radius 2 is 1.85 bits per heavy atom. The van der Waals surface area contributed by atoms with Crippen LogP contribution in [-0.4, -0.2) is 18.4 Å². The van der Waals surface area contributed by atoms with Crippen LogP contribution in [-0.2, 0) is 11.3 Å². The van der Waals surface area contributed by atoms with Crippen LogP contribution in [0.1, 0.15) is 16.1 Å². The molecule has 0 unspecified atom stereocenters. The molecule has 3 N–H and O–H groups in total. The van der Waals surface area contributed by atoms with Crippen molar-refractivity contribution in [2.75, 3.05) is 17.2 Å². The summed E-state index contributed by atoms with van der Waals surface area (Å²) in [6.45, 7) is 0.296. The van der Waals surface area contributed by atoms with Gasteiger partial charge in [0, 0.05) is 16.4 Å². The SMILES string of the molecule is O=C(CNc1ccccc1C(=O)NCc1ccco1)Nc1cccc(Cl)c1. The van der Waals surface area contributed by atoms with Crippen LogP contribution in [0.3, 0.4) is 0 Å². The first kappa shape index (κ1) is 18.5. The molecular weight excluding hydrogens is 366 g/mol. The van der Waals surface area contributed by atoms with Gasteiger partial charge in [-0.25, -0.2) is 0 Å². The molecule has 1 heterocycles. The summed E-state index contributed by atoms with van der Waals surface area (Å²) in [5.41, 5.74) is 1.62. The van der Waals surface area contributed by atoms with Gasteiger partial charge in [-0.3, -0.25) is 9.59 Å². The third kappa shape index (κ3) is 5.36. The van der Waals surface area contributed by atoms with Crippen molar-refractivity contribution >= 4 is 34.8 Å². The van der Waals surface area contributed by atoms with Gasteiger partial charge in [-0.15, -0.1) is 0 Å². The second-order valence-electron chi connectivity index (χ2n) is 5.72. The van der Waals surface area contributed by atoms with Crippen LogP contribution >= 0.6 is 11.6 Å². The molecule has 0 aliphatic heterocycles. The number of nitrogens with one attached hydrogen (secondary N) is 3. The fourth-order valence-corrected chi connectivity index (χ4v) is 2.65. The molecular formula is C20H18ClN3O3. The Kier molecular flexibility index (Phi) is 6.12. The first-order valence-corrected chi connectivity index (χ1v) is 8.68. The lowest BCUT2D eigenvalue weighted by atomic mass is 10.1. The van der Waals surface area contributed by atoms with Gasteiger partial charge >= 0.3 is 0 Å². The lowest BCUT2D eigenvalue weighted by molar-refractivity contribution is -0.114. The average molecular weight is 384 g/mol. The highest BCUT2D eigenvalue weighted by Gasteiger charge is 2.12. The van der Waals surface area contributed by atoms with E-state index in [1.165, 1.54) is 0 Å². The summed E-state index contributed by atoms with van der Waals surface area (Å²) >= 11 is 5.91. The largest absolute Gasteiger partial charge is 0.467 e. The summed E-state index contributed by atoms with van der Waals surface area (Å²) in [5.74, 6) is 0.155. The van der Waals surface area contributed by atoms with Crippen molar-refractivity contribution in [3.05, 3.63) is 83.3 Å². The number of halogens is 1. The van der Waals surface area contributed by atoms with Crippen LogP contribution in [0.4, 0.5) is 11.4 Å². The summed E-state index contributed by atoms with van der Waals surface area (Å²) in [6, 6.07) is 17.4. The maximum Gasteiger partial charge on any atom is 0.253 e. The van der Waals surface area contributed by atoms with Gasteiger partial charge in [0.05, 0.1) is 24.9 Å². The van der Waals surface area contributed by atoms with E-state index in [0.717, 1.165) is 0 Å². The smallest absolute Gasteiger partial charge is 0.253 e. The number of carbonyl (C=O) groups is 2. The van der Waals surface area contributed by atoms with Gasteiger partial charge in [0.1, 0.15) is 5.76 Å². The molecule has 7 heteroatoms. The molecule has 0 atom stereocenters. The van der Waals surface area contributed by atoms with E-state index < -0.39 is 0 Å². The molecule has 0 radical (unpaired) electrons. The molecule has 6 nitrogen and oxygen atoms in total. The number of carbonyl (C=O) groups excluding carboxylic acids is 2. The second-order valence-corrected chi connectivity index (χ2v) is 6.16. The minimum atomic E-state index is -0.259. The predicted molar refractivity (Wildman–Crippen MR) is 105 cm³/mol. The monoisotopic (exact) mass is 383 g/mol. The highest BCUT2D eigenvalue weighted by atomic mass is 35.5. The predicted octanol–water partition coefficient (Wildman–Crippen LogP) is 3.91. The molecule has 2 aromatic carbocycles. The summed E-state index contributed by atoms with van der Waals surface area (Å²) in [4.78, 5) is 24.6. The molecule has 3 aromatic rings. The number of rotatable bonds is 7. The number of anilines is 2. The van der Waals surface area contributed by atoms with Crippen molar-refractivity contribution in [1.29, 1.82) is 0 Å². The van der Waals surface area contributed by atoms with Crippen LogP contribution in [0.15, 0.2) is 71.3 Å². The van der Waals surface area contributed by atoms with Crippen molar-refractivity contribution in [3.8, 4) is 0 Å². The van der Waals surface area contributed by atoms with Crippen LogP contribution in [0.25, 0.3) is 0 Å². The Balaban J connectivity index is 1.58. The minimum Gasteiger partial charge on any atom is -0.467 e. The van der Waals surface area contributed by atoms with Gasteiger partial charge < -0.3 is 20.4 Å². The third-order valence-electron chi connectivity index (χ3n) is 3.72. The summed E-state index contributed by atoms with van der Waals surface area (Å²) in [6.07, 6.45) is 1.55. The van der Waals surface area contributed by atoms with Crippen molar-refractivity contribution in [3.63, 3.8) is 0 Å². The number of amides is 2. The van der Waals surface area contributed by atoms with E-state index in [1.54, 1.807) is 66.9 Å². The van der Waals surface area contributed by atoms with E-state index in [2.05, 4.69) is 16.0 Å². The number of hydrogen-bond donors (Lipinski definition) is 3. The molecule has 1 aromatic heterocycles. The van der Waals surface area contributed by atoms with Crippen LogP contribution in [0, 0.1) is 0 Å². The number of hydrogen-bond acceptors (Lipinski definition) is 4. The zero-order valence-corrected chi connectivity index (χ0v) is 15.1. The topological polar surface area (TPSA) is 83.4 Å². The van der Waals surface area contributed by atoms with E-state index in [-0.39, 0.29) is 24.9 Å². The number of para-hydroxylation sites is 1. The summed E-state index contributed by atoms with van der Waals surface area (Å²) < 4.78 is 5.20. The quantitative estimate of drug-likeness (QED) is 0.577. The molecule has 0 aliphatic carbocycles. The standard InChI is InChI=1S/C20H18ClN3O3/c21-14-5-3-6-15(11-14)24-19(25)13-22-18-9-2-1-8-17(18)20(26)23-12-16-7-4-10-27-16/h1-11,22H,12-13H2,(H,23,26)(H,24,25). The van der Waals surface area contributed by atoms with Crippen molar-refractivity contribution in [2.24, 2.45) is 0 Å². The Labute approximate surface area is 161 Å². The minimum absolute atomic E-state index is 0.00892. The molecule has 3 rings (SSSR count). The highest BCUT2D eigenvalue weighted by Crippen LogP contribution is 2.16. The van der Waals surface area contributed by atoms with Crippen LogP contribution < -0.4 is 16.0 Å².